The van der Waals surface area contributed by atoms with E-state index < -0.39 is 14.5 Å². The number of nitrogens with zero attached hydrogens (tertiary/aromatic N) is 2. The van der Waals surface area contributed by atoms with Gasteiger partial charge in [0.25, 0.3) is 16.3 Å². The molecule has 2 aromatic heterocycles. The van der Waals surface area contributed by atoms with Gasteiger partial charge in [0, 0.05) is 24.3 Å². The lowest BCUT2D eigenvalue weighted by molar-refractivity contribution is -0.734. The first kappa shape index (κ1) is 69.1. The Kier molecular flexibility index (Phi) is 26.6. The summed E-state index contributed by atoms with van der Waals surface area (Å²) < 4.78 is 5.28. The highest BCUT2D eigenvalue weighted by molar-refractivity contribution is 7.98. The van der Waals surface area contributed by atoms with Gasteiger partial charge < -0.3 is 0 Å². The fraction of sp³-hybridized carbons (Fsp3) is 0.488. The molecular formula is C86H118N2P2+4. The van der Waals surface area contributed by atoms with Gasteiger partial charge in [-0.2, -0.15) is 9.13 Å². The molecule has 6 aromatic carbocycles. The fourth-order valence-electron chi connectivity index (χ4n) is 16.1. The van der Waals surface area contributed by atoms with E-state index in [1.54, 1.807) is 0 Å². The number of hydrogen-bond donors (Lipinski definition) is 0. The van der Waals surface area contributed by atoms with Crippen molar-refractivity contribution in [1.29, 1.82) is 0 Å². The van der Waals surface area contributed by atoms with Crippen molar-refractivity contribution < 1.29 is 9.13 Å². The van der Waals surface area contributed by atoms with Gasteiger partial charge in [-0.1, -0.05) is 230 Å². The van der Waals surface area contributed by atoms with Crippen LogP contribution in [0.25, 0.3) is 11.0 Å². The predicted octanol–water partition coefficient (Wildman–Crippen LogP) is 20.9. The average molecular weight is 1240 g/mol. The summed E-state index contributed by atoms with van der Waals surface area (Å²) >= 11 is 0. The van der Waals surface area contributed by atoms with E-state index in [-0.39, 0.29) is 10.4 Å². The van der Waals surface area contributed by atoms with E-state index in [0.29, 0.717) is 0 Å². The smallest absolute Gasteiger partial charge is 0.196 e. The van der Waals surface area contributed by atoms with Crippen LogP contribution in [0.3, 0.4) is 0 Å². The molecular weight excluding hydrogens is 1120 g/mol. The highest BCUT2D eigenvalue weighted by atomic mass is 31.2. The Bertz CT molecular complexity index is 3080. The topological polar surface area (TPSA) is 7.76 Å². The molecule has 0 spiro atoms. The van der Waals surface area contributed by atoms with Crippen molar-refractivity contribution in [3.63, 3.8) is 0 Å². The molecule has 4 heteroatoms. The Labute approximate surface area is 550 Å². The minimum atomic E-state index is -2.73. The van der Waals surface area contributed by atoms with Gasteiger partial charge in [-0.05, 0) is 190 Å². The van der Waals surface area contributed by atoms with Gasteiger partial charge >= 0.3 is 0 Å². The second-order valence-corrected chi connectivity index (χ2v) is 35.5. The highest BCUT2D eigenvalue weighted by Crippen LogP contribution is 2.84. The molecule has 0 bridgehead atoms. The number of rotatable bonds is 39. The van der Waals surface area contributed by atoms with Crippen LogP contribution >= 0.6 is 14.5 Å². The number of aryl methyl sites for hydroxylation is 7. The summed E-state index contributed by atoms with van der Waals surface area (Å²) in [6.45, 7) is 16.8. The number of unbranched alkanes of at least 4 members (excludes halogenated alkanes) is 18. The molecule has 9 rings (SSSR count). The maximum Gasteiger partial charge on any atom is 0.288 e. The Morgan fingerprint density at radius 2 is 0.533 bits per heavy atom. The lowest BCUT2D eigenvalue weighted by atomic mass is 9.79. The Morgan fingerprint density at radius 1 is 0.289 bits per heavy atom. The molecule has 0 unspecified atom stereocenters. The fourth-order valence-corrected chi connectivity index (χ4v) is 27.7. The maximum atomic E-state index is 2.90. The molecule has 8 aromatic rings. The molecule has 2 nitrogen and oxygen atoms in total. The van der Waals surface area contributed by atoms with Crippen LogP contribution in [0, 0.1) is 0 Å². The van der Waals surface area contributed by atoms with Gasteiger partial charge in [-0.15, -0.1) is 0 Å². The number of hydrogen-bond acceptors (Lipinski definition) is 0. The number of aromatic nitrogens is 2. The average Bonchev–Trinajstić information content (AvgIpc) is 0.656. The van der Waals surface area contributed by atoms with Crippen LogP contribution in [0.4, 0.5) is 0 Å². The van der Waals surface area contributed by atoms with Crippen molar-refractivity contribution in [2.45, 2.75) is 264 Å². The summed E-state index contributed by atoms with van der Waals surface area (Å²) in [7, 11) is -3.00. The zero-order valence-electron chi connectivity index (χ0n) is 57.7. The Hall–Kier alpha value is -5.26. The van der Waals surface area contributed by atoms with E-state index in [9.17, 15) is 0 Å². The van der Waals surface area contributed by atoms with Crippen molar-refractivity contribution in [2.75, 3.05) is 0 Å². The van der Waals surface area contributed by atoms with Crippen LogP contribution in [0.1, 0.15) is 249 Å². The normalized spacial score (nSPS) is 16.0. The van der Waals surface area contributed by atoms with Gasteiger partial charge in [0.15, 0.2) is 19.7 Å². The third-order valence-corrected chi connectivity index (χ3v) is 31.2. The zero-order valence-corrected chi connectivity index (χ0v) is 59.5. The van der Waals surface area contributed by atoms with E-state index in [0.717, 1.165) is 51.4 Å². The molecule has 90 heavy (non-hydrogen) atoms. The molecule has 1 fully saturated rings. The van der Waals surface area contributed by atoms with Crippen molar-refractivity contribution in [3.05, 3.63) is 216 Å². The lowest BCUT2D eigenvalue weighted by Crippen LogP contribution is -2.74. The standard InChI is InChI=1S/C86H118N2P2/c1-9-15-21-27-35-71-43-55-77(56-44-71)89(78-57-45-72(46-58-78)36-28-22-16-10-2,79-59-47-73(48-60-79)37-29-23-17-11-3)85(7)69-86(70-85,88-68-34-41-83-84(88)42-33-67-87(83)8)90(80-61-49-74(50-62-80)38-30-24-18-12-4,81-63-51-75(52-64-81)39-31-25-19-13-5)82-65-53-76(54-66-82)40-32-26-20-14-6/h33-34,41-68H,9-32,35-40,69-70H2,1-8H3/q+4. The monoisotopic (exact) mass is 1240 g/mol. The van der Waals surface area contributed by atoms with Gasteiger partial charge in [0.05, 0.1) is 12.8 Å². The highest BCUT2D eigenvalue weighted by Gasteiger charge is 2.85. The molecule has 1 aliphatic carbocycles. The van der Waals surface area contributed by atoms with Crippen LogP contribution in [0.5, 0.6) is 0 Å². The van der Waals surface area contributed by atoms with Gasteiger partial charge in [0.2, 0.25) is 0 Å². The maximum absolute atomic E-state index is 2.90. The largest absolute Gasteiger partial charge is 0.288 e. The molecule has 2 heterocycles. The van der Waals surface area contributed by atoms with Crippen LogP contribution < -0.4 is 41.0 Å². The summed E-state index contributed by atoms with van der Waals surface area (Å²) in [6, 6.07) is 72.1. The number of fused-ring (bicyclic) bond motifs is 1. The molecule has 0 amide bonds. The second-order valence-electron chi connectivity index (χ2n) is 27.8. The third-order valence-electron chi connectivity index (χ3n) is 21.0. The summed E-state index contributed by atoms with van der Waals surface area (Å²) in [5.41, 5.74) is 11.4. The van der Waals surface area contributed by atoms with Crippen LogP contribution in [-0.2, 0) is 50.9 Å². The SMILES string of the molecule is CCCCCCc1ccc([P+](c2ccc(CCCCCC)cc2)(c2ccc(CCCCCC)cc2)C2(C)CC([n+]3cccc4c3ccc[n+]4C)([P+](c3ccc(CCCCCC)cc3)(c3ccc(CCCCCC)cc3)c3ccc(CCCCCC)cc3)C2)cc1. The second kappa shape index (κ2) is 34.6. The van der Waals surface area contributed by atoms with Crippen molar-refractivity contribution >= 4 is 57.4 Å². The molecule has 0 atom stereocenters. The van der Waals surface area contributed by atoms with Crippen molar-refractivity contribution in [1.82, 2.24) is 0 Å². The summed E-state index contributed by atoms with van der Waals surface area (Å²) in [5, 5.41) is 8.58. The zero-order chi connectivity index (χ0) is 63.1. The molecule has 0 N–H and O–H groups in total. The molecule has 0 aliphatic heterocycles. The van der Waals surface area contributed by atoms with Crippen molar-refractivity contribution in [3.8, 4) is 0 Å². The Balaban J connectivity index is 1.35. The van der Waals surface area contributed by atoms with Crippen LogP contribution in [0.2, 0.25) is 0 Å². The van der Waals surface area contributed by atoms with Crippen LogP contribution in [0.15, 0.2) is 182 Å². The molecule has 478 valence electrons. The molecule has 0 radical (unpaired) electrons. The minimum absolute atomic E-state index is 0.171. The van der Waals surface area contributed by atoms with Crippen LogP contribution in [-0.4, -0.2) is 5.16 Å². The molecule has 1 saturated carbocycles. The summed E-state index contributed by atoms with van der Waals surface area (Å²) in [4.78, 5) is 0. The van der Waals surface area contributed by atoms with E-state index in [1.807, 2.05) is 0 Å². The van der Waals surface area contributed by atoms with E-state index in [2.05, 4.69) is 247 Å². The van der Waals surface area contributed by atoms with Gasteiger partial charge in [0.1, 0.15) is 51.3 Å². The van der Waals surface area contributed by atoms with E-state index in [1.165, 1.54) is 230 Å². The van der Waals surface area contributed by atoms with Gasteiger partial charge in [-0.25, -0.2) is 0 Å². The Morgan fingerprint density at radius 3 is 0.800 bits per heavy atom. The van der Waals surface area contributed by atoms with Crippen molar-refractivity contribution in [2.24, 2.45) is 7.05 Å². The molecule has 1 aliphatic rings. The quantitative estimate of drug-likeness (QED) is 0.0206. The third kappa shape index (κ3) is 15.9. The summed E-state index contributed by atoms with van der Waals surface area (Å²) in [6.07, 6.45) is 44.2. The summed E-state index contributed by atoms with van der Waals surface area (Å²) in [5.74, 6) is 0. The first-order valence-corrected chi connectivity index (χ1v) is 40.4. The van der Waals surface area contributed by atoms with Gasteiger partial charge in [-0.3, -0.25) is 0 Å². The lowest BCUT2D eigenvalue weighted by Gasteiger charge is -2.56. The predicted molar refractivity (Wildman–Crippen MR) is 398 cm³/mol. The first-order chi connectivity index (χ1) is 44.1. The number of benzene rings is 6. The van der Waals surface area contributed by atoms with E-state index in [4.69, 9.17) is 0 Å². The minimum Gasteiger partial charge on any atom is -0.196 e. The molecule has 0 saturated heterocycles. The first-order valence-electron chi connectivity index (χ1n) is 36.8. The van der Waals surface area contributed by atoms with E-state index >= 15 is 0 Å². The number of pyridine rings is 2.